The maximum Gasteiger partial charge on any atom is 0.275 e. The molecule has 1 saturated carbocycles. The van der Waals surface area contributed by atoms with Crippen LogP contribution in [0.25, 0.3) is 10.7 Å². The molecule has 0 bridgehead atoms. The quantitative estimate of drug-likeness (QED) is 0.525. The van der Waals surface area contributed by atoms with Gasteiger partial charge in [0.2, 0.25) is 4.77 Å². The molecule has 0 atom stereocenters. The summed E-state index contributed by atoms with van der Waals surface area (Å²) in [6, 6.07) is 4.60. The molecule has 1 aliphatic carbocycles. The number of amides is 1. The number of nitrogens with one attached hydrogen (secondary N) is 3. The number of hydrogen-bond acceptors (Lipinski definition) is 4. The van der Waals surface area contributed by atoms with E-state index in [0.717, 1.165) is 67.7 Å². The number of rotatable bonds is 7. The van der Waals surface area contributed by atoms with Crippen molar-refractivity contribution in [2.45, 2.75) is 39.0 Å². The molecular formula is C18H28N6OS2+2. The maximum atomic E-state index is 12.0. The summed E-state index contributed by atoms with van der Waals surface area (Å²) in [6.45, 7) is 8.47. The van der Waals surface area contributed by atoms with Crippen LogP contribution in [0.2, 0.25) is 0 Å². The lowest BCUT2D eigenvalue weighted by atomic mass is 10.3. The van der Waals surface area contributed by atoms with E-state index in [0.29, 0.717) is 12.6 Å². The van der Waals surface area contributed by atoms with Gasteiger partial charge in [0.1, 0.15) is 26.2 Å². The van der Waals surface area contributed by atoms with Crippen LogP contribution in [-0.4, -0.2) is 59.0 Å². The maximum absolute atomic E-state index is 12.0. The lowest BCUT2D eigenvalue weighted by Crippen LogP contribution is -3.28. The van der Waals surface area contributed by atoms with Crippen molar-refractivity contribution in [1.82, 2.24) is 19.7 Å². The Labute approximate surface area is 168 Å². The zero-order valence-electron chi connectivity index (χ0n) is 15.7. The Kier molecular flexibility index (Phi) is 5.72. The van der Waals surface area contributed by atoms with Gasteiger partial charge in [-0.05, 0) is 43.4 Å². The molecule has 0 aromatic carbocycles. The van der Waals surface area contributed by atoms with Gasteiger partial charge in [-0.1, -0.05) is 6.07 Å². The van der Waals surface area contributed by atoms with Gasteiger partial charge in [-0.2, -0.15) is 4.68 Å². The van der Waals surface area contributed by atoms with Gasteiger partial charge in [0.05, 0.1) is 4.88 Å². The molecule has 0 radical (unpaired) electrons. The van der Waals surface area contributed by atoms with Crippen LogP contribution in [0.5, 0.6) is 0 Å². The second kappa shape index (κ2) is 8.22. The Balaban J connectivity index is 1.35. The topological polar surface area (TPSA) is 60.7 Å². The number of carbonyl (C=O) groups excluding carboxylic acids is 1. The molecule has 2 aromatic heterocycles. The first kappa shape index (κ1) is 18.8. The molecule has 2 aromatic rings. The Hall–Kier alpha value is -1.55. The first-order valence-corrected chi connectivity index (χ1v) is 11.1. The summed E-state index contributed by atoms with van der Waals surface area (Å²) < 4.78 is 4.89. The van der Waals surface area contributed by atoms with Crippen molar-refractivity contribution >= 4 is 29.5 Å². The minimum atomic E-state index is 0.209. The summed E-state index contributed by atoms with van der Waals surface area (Å²) in [7, 11) is 0. The van der Waals surface area contributed by atoms with Crippen molar-refractivity contribution in [3.8, 4) is 10.7 Å². The highest BCUT2D eigenvalue weighted by Crippen LogP contribution is 2.23. The van der Waals surface area contributed by atoms with Crippen molar-refractivity contribution in [1.29, 1.82) is 0 Å². The summed E-state index contributed by atoms with van der Waals surface area (Å²) in [5, 5.41) is 9.98. The Morgan fingerprint density at radius 1 is 1.33 bits per heavy atom. The Bertz CT molecular complexity index is 831. The van der Waals surface area contributed by atoms with E-state index in [1.807, 2.05) is 4.68 Å². The first-order valence-electron chi connectivity index (χ1n) is 9.82. The van der Waals surface area contributed by atoms with E-state index in [4.69, 9.17) is 17.3 Å². The van der Waals surface area contributed by atoms with Crippen molar-refractivity contribution < 1.29 is 14.6 Å². The number of carbonyl (C=O) groups is 1. The number of quaternary nitrogens is 2. The third kappa shape index (κ3) is 4.48. The van der Waals surface area contributed by atoms with E-state index < -0.39 is 0 Å². The van der Waals surface area contributed by atoms with Crippen molar-refractivity contribution in [3.63, 3.8) is 0 Å². The lowest BCUT2D eigenvalue weighted by Gasteiger charge is -2.29. The molecule has 0 spiro atoms. The van der Waals surface area contributed by atoms with E-state index in [-0.39, 0.29) is 5.91 Å². The molecule has 2 fully saturated rings. The molecule has 9 heteroatoms. The summed E-state index contributed by atoms with van der Waals surface area (Å²) >= 11 is 7.37. The van der Waals surface area contributed by atoms with Crippen LogP contribution in [0.1, 0.15) is 19.8 Å². The highest BCUT2D eigenvalue weighted by atomic mass is 32.1. The standard InChI is InChI=1S/C18H26N6OS2/c1-2-23-17(15-4-3-11-27-15)20-24(18(23)26)13-22-9-7-21(8-10-22)12-16(25)19-14-5-6-14/h3-4,11,14H,2,5-10,12-13H2,1H3,(H,19,25)/p+2. The molecule has 4 rings (SSSR count). The van der Waals surface area contributed by atoms with Crippen molar-refractivity contribution in [3.05, 3.63) is 22.3 Å². The van der Waals surface area contributed by atoms with Crippen LogP contribution in [0.3, 0.4) is 0 Å². The van der Waals surface area contributed by atoms with Gasteiger partial charge in [-0.25, -0.2) is 0 Å². The van der Waals surface area contributed by atoms with Gasteiger partial charge in [0, 0.05) is 12.6 Å². The summed E-state index contributed by atoms with van der Waals surface area (Å²) in [4.78, 5) is 16.0. The summed E-state index contributed by atoms with van der Waals surface area (Å²) in [5.74, 6) is 1.18. The number of aromatic nitrogens is 3. The predicted octanol–water partition coefficient (Wildman–Crippen LogP) is -0.818. The predicted molar refractivity (Wildman–Crippen MR) is 107 cm³/mol. The fraction of sp³-hybridized carbons (Fsp3) is 0.611. The average Bonchev–Trinajstić information content (AvgIpc) is 3.18. The molecule has 2 aliphatic rings. The monoisotopic (exact) mass is 408 g/mol. The van der Waals surface area contributed by atoms with Gasteiger partial charge < -0.3 is 15.1 Å². The molecular weight excluding hydrogens is 380 g/mol. The van der Waals surface area contributed by atoms with E-state index in [1.54, 1.807) is 11.3 Å². The molecule has 1 amide bonds. The molecule has 3 heterocycles. The highest BCUT2D eigenvalue weighted by Gasteiger charge is 2.28. The number of thiophene rings is 1. The minimum absolute atomic E-state index is 0.209. The normalized spacial score (nSPS) is 22.7. The van der Waals surface area contributed by atoms with Crippen LogP contribution >= 0.6 is 23.6 Å². The van der Waals surface area contributed by atoms with E-state index in [1.165, 1.54) is 9.80 Å². The smallest absolute Gasteiger partial charge is 0.275 e. The van der Waals surface area contributed by atoms with E-state index >= 15 is 0 Å². The molecule has 0 unspecified atom stereocenters. The number of nitrogens with zero attached hydrogens (tertiary/aromatic N) is 3. The zero-order valence-corrected chi connectivity index (χ0v) is 17.4. The Morgan fingerprint density at radius 2 is 2.07 bits per heavy atom. The van der Waals surface area contributed by atoms with Gasteiger partial charge in [0.25, 0.3) is 5.91 Å². The third-order valence-electron chi connectivity index (χ3n) is 5.37. The van der Waals surface area contributed by atoms with Crippen LogP contribution < -0.4 is 15.1 Å². The number of piperazine rings is 1. The van der Waals surface area contributed by atoms with Gasteiger partial charge in [-0.15, -0.1) is 16.4 Å². The van der Waals surface area contributed by atoms with Gasteiger partial charge in [-0.3, -0.25) is 9.36 Å². The molecule has 146 valence electrons. The second-order valence-electron chi connectivity index (χ2n) is 7.50. The molecule has 1 saturated heterocycles. The lowest BCUT2D eigenvalue weighted by molar-refractivity contribution is -1.02. The second-order valence-corrected chi connectivity index (χ2v) is 8.82. The third-order valence-corrected chi connectivity index (χ3v) is 6.67. The molecule has 27 heavy (non-hydrogen) atoms. The summed E-state index contributed by atoms with van der Waals surface area (Å²) in [6.07, 6.45) is 2.30. The van der Waals surface area contributed by atoms with Gasteiger partial charge in [0.15, 0.2) is 19.0 Å². The average molecular weight is 409 g/mol. The van der Waals surface area contributed by atoms with Crippen LogP contribution in [0.15, 0.2) is 17.5 Å². The van der Waals surface area contributed by atoms with E-state index in [2.05, 4.69) is 34.3 Å². The molecule has 1 aliphatic heterocycles. The highest BCUT2D eigenvalue weighted by molar-refractivity contribution is 7.71. The SMILES string of the molecule is CCn1c(-c2cccs2)nn(C[NH+]2CC[NH+](CC(=O)NC3CC3)CC2)c1=S. The Morgan fingerprint density at radius 3 is 2.70 bits per heavy atom. The zero-order chi connectivity index (χ0) is 18.8. The van der Waals surface area contributed by atoms with Crippen molar-refractivity contribution in [2.75, 3.05) is 32.7 Å². The van der Waals surface area contributed by atoms with Crippen LogP contribution in [-0.2, 0) is 18.0 Å². The largest absolute Gasteiger partial charge is 0.348 e. The van der Waals surface area contributed by atoms with E-state index in [9.17, 15) is 4.79 Å². The fourth-order valence-corrected chi connectivity index (χ4v) is 4.69. The van der Waals surface area contributed by atoms with Crippen LogP contribution in [0, 0.1) is 4.77 Å². The minimum Gasteiger partial charge on any atom is -0.348 e. The fourth-order valence-electron chi connectivity index (χ4n) is 3.65. The summed E-state index contributed by atoms with van der Waals surface area (Å²) in [5.41, 5.74) is 0. The first-order chi connectivity index (χ1) is 13.1. The van der Waals surface area contributed by atoms with Crippen molar-refractivity contribution in [2.24, 2.45) is 0 Å². The van der Waals surface area contributed by atoms with Crippen LogP contribution in [0.4, 0.5) is 0 Å². The van der Waals surface area contributed by atoms with Gasteiger partial charge >= 0.3 is 0 Å². The number of hydrogen-bond donors (Lipinski definition) is 3. The molecule has 3 N–H and O–H groups in total. The molecule has 7 nitrogen and oxygen atoms in total.